The number of hydrogen-bond donors (Lipinski definition) is 0. The Bertz CT molecular complexity index is 349. The number of benzene rings is 1. The van der Waals surface area contributed by atoms with E-state index in [0.717, 1.165) is 30.1 Å². The highest BCUT2D eigenvalue weighted by atomic mass is 32.2. The quantitative estimate of drug-likeness (QED) is 0.409. The van der Waals surface area contributed by atoms with Gasteiger partial charge in [-0.15, -0.1) is 11.8 Å². The van der Waals surface area contributed by atoms with E-state index in [0.29, 0.717) is 5.75 Å². The SMILES string of the molecule is CCCCOc1ccc(SC[CH]OC(C)=O)cc1. The summed E-state index contributed by atoms with van der Waals surface area (Å²) in [6, 6.07) is 7.94. The van der Waals surface area contributed by atoms with E-state index in [1.165, 1.54) is 13.5 Å². The van der Waals surface area contributed by atoms with Crippen LogP contribution in [0.25, 0.3) is 0 Å². The molecule has 0 heterocycles. The molecule has 0 spiro atoms. The van der Waals surface area contributed by atoms with Crippen molar-refractivity contribution in [3.05, 3.63) is 30.9 Å². The molecule has 1 radical (unpaired) electrons. The number of carbonyl (C=O) groups is 1. The summed E-state index contributed by atoms with van der Waals surface area (Å²) in [4.78, 5) is 11.7. The third-order valence-electron chi connectivity index (χ3n) is 2.16. The molecule has 0 aliphatic heterocycles. The first-order chi connectivity index (χ1) is 8.72. The maximum Gasteiger partial charge on any atom is 0.303 e. The van der Waals surface area contributed by atoms with Crippen molar-refractivity contribution < 1.29 is 14.3 Å². The molecule has 1 aromatic rings. The van der Waals surface area contributed by atoms with Gasteiger partial charge in [-0.2, -0.15) is 0 Å². The highest BCUT2D eigenvalue weighted by Gasteiger charge is 1.98. The Morgan fingerprint density at radius 2 is 2.06 bits per heavy atom. The lowest BCUT2D eigenvalue weighted by atomic mass is 10.3. The van der Waals surface area contributed by atoms with E-state index < -0.39 is 0 Å². The van der Waals surface area contributed by atoms with E-state index in [2.05, 4.69) is 6.92 Å². The largest absolute Gasteiger partial charge is 0.494 e. The Kier molecular flexibility index (Phi) is 7.34. The summed E-state index contributed by atoms with van der Waals surface area (Å²) < 4.78 is 10.3. The first-order valence-electron chi connectivity index (χ1n) is 6.07. The van der Waals surface area contributed by atoms with Crippen molar-refractivity contribution >= 4 is 17.7 Å². The van der Waals surface area contributed by atoms with Crippen LogP contribution in [0.4, 0.5) is 0 Å². The molecule has 0 atom stereocenters. The zero-order valence-corrected chi connectivity index (χ0v) is 11.7. The summed E-state index contributed by atoms with van der Waals surface area (Å²) >= 11 is 1.61. The highest BCUT2D eigenvalue weighted by Crippen LogP contribution is 2.22. The molecule has 3 nitrogen and oxygen atoms in total. The van der Waals surface area contributed by atoms with Gasteiger partial charge in [-0.05, 0) is 30.7 Å². The van der Waals surface area contributed by atoms with Crippen LogP contribution in [0.2, 0.25) is 0 Å². The molecule has 1 rings (SSSR count). The molecule has 4 heteroatoms. The first-order valence-corrected chi connectivity index (χ1v) is 7.05. The lowest BCUT2D eigenvalue weighted by molar-refractivity contribution is -0.137. The molecule has 0 N–H and O–H groups in total. The smallest absolute Gasteiger partial charge is 0.303 e. The van der Waals surface area contributed by atoms with E-state index >= 15 is 0 Å². The molecule has 0 saturated carbocycles. The van der Waals surface area contributed by atoms with Crippen LogP contribution in [0.1, 0.15) is 26.7 Å². The lowest BCUT2D eigenvalue weighted by Gasteiger charge is -2.06. The zero-order chi connectivity index (χ0) is 13.2. The van der Waals surface area contributed by atoms with Gasteiger partial charge >= 0.3 is 5.97 Å². The van der Waals surface area contributed by atoms with Crippen LogP contribution in [-0.4, -0.2) is 18.3 Å². The minimum absolute atomic E-state index is 0.282. The number of unbranched alkanes of at least 4 members (excludes halogenated alkanes) is 1. The first kappa shape index (κ1) is 14.9. The van der Waals surface area contributed by atoms with E-state index in [1.807, 2.05) is 24.3 Å². The van der Waals surface area contributed by atoms with Gasteiger partial charge in [0.25, 0.3) is 0 Å². The predicted molar refractivity (Wildman–Crippen MR) is 73.6 cm³/mol. The van der Waals surface area contributed by atoms with Crippen LogP contribution in [0, 0.1) is 6.61 Å². The van der Waals surface area contributed by atoms with Crippen molar-refractivity contribution in [3.8, 4) is 5.75 Å². The molecule has 0 unspecified atom stereocenters. The van der Waals surface area contributed by atoms with Crippen molar-refractivity contribution in [1.29, 1.82) is 0 Å². The van der Waals surface area contributed by atoms with E-state index in [-0.39, 0.29) is 5.97 Å². The van der Waals surface area contributed by atoms with Crippen molar-refractivity contribution in [2.75, 3.05) is 12.4 Å². The van der Waals surface area contributed by atoms with Crippen LogP contribution < -0.4 is 4.74 Å². The highest BCUT2D eigenvalue weighted by molar-refractivity contribution is 7.99. The second-order valence-electron chi connectivity index (χ2n) is 3.76. The van der Waals surface area contributed by atoms with Crippen molar-refractivity contribution in [1.82, 2.24) is 0 Å². The van der Waals surface area contributed by atoms with Crippen LogP contribution in [0.15, 0.2) is 29.2 Å². The topological polar surface area (TPSA) is 35.5 Å². The summed E-state index contributed by atoms with van der Waals surface area (Å²) in [6.07, 6.45) is 2.22. The maximum absolute atomic E-state index is 10.5. The van der Waals surface area contributed by atoms with Crippen molar-refractivity contribution in [2.24, 2.45) is 0 Å². The number of esters is 1. The summed E-state index contributed by atoms with van der Waals surface area (Å²) in [6.45, 7) is 5.81. The summed E-state index contributed by atoms with van der Waals surface area (Å²) in [7, 11) is 0. The number of thioether (sulfide) groups is 1. The summed E-state index contributed by atoms with van der Waals surface area (Å²) in [5.74, 6) is 1.27. The second-order valence-corrected chi connectivity index (χ2v) is 4.85. The van der Waals surface area contributed by atoms with Crippen LogP contribution in [0.5, 0.6) is 5.75 Å². The van der Waals surface area contributed by atoms with Gasteiger partial charge in [-0.3, -0.25) is 4.79 Å². The molecule has 18 heavy (non-hydrogen) atoms. The summed E-state index contributed by atoms with van der Waals surface area (Å²) in [5, 5.41) is 0. The number of carbonyl (C=O) groups excluding carboxylic acids is 1. The number of ether oxygens (including phenoxy) is 2. The average Bonchev–Trinajstić information content (AvgIpc) is 2.36. The number of hydrogen-bond acceptors (Lipinski definition) is 4. The minimum atomic E-state index is -0.282. The van der Waals surface area contributed by atoms with Crippen molar-refractivity contribution in [3.63, 3.8) is 0 Å². The summed E-state index contributed by atoms with van der Waals surface area (Å²) in [5.41, 5.74) is 0. The van der Waals surface area contributed by atoms with Crippen LogP contribution >= 0.6 is 11.8 Å². The Hall–Kier alpha value is -1.16. The van der Waals surface area contributed by atoms with Crippen LogP contribution in [-0.2, 0) is 9.53 Å². The average molecular weight is 267 g/mol. The molecule has 1 aromatic carbocycles. The molecule has 0 saturated heterocycles. The maximum atomic E-state index is 10.5. The van der Waals surface area contributed by atoms with Crippen LogP contribution in [0.3, 0.4) is 0 Å². The molecule has 0 aliphatic carbocycles. The van der Waals surface area contributed by atoms with Gasteiger partial charge in [-0.25, -0.2) is 0 Å². The fourth-order valence-corrected chi connectivity index (χ4v) is 1.91. The van der Waals surface area contributed by atoms with Crippen molar-refractivity contribution in [2.45, 2.75) is 31.6 Å². The fourth-order valence-electron chi connectivity index (χ4n) is 1.25. The van der Waals surface area contributed by atoms with Gasteiger partial charge < -0.3 is 9.47 Å². The molecule has 0 aromatic heterocycles. The molecule has 0 bridgehead atoms. The minimum Gasteiger partial charge on any atom is -0.494 e. The van der Waals surface area contributed by atoms with Gasteiger partial charge in [0.1, 0.15) is 12.4 Å². The Morgan fingerprint density at radius 3 is 2.67 bits per heavy atom. The monoisotopic (exact) mass is 267 g/mol. The fraction of sp³-hybridized carbons (Fsp3) is 0.429. The molecular weight excluding hydrogens is 248 g/mol. The zero-order valence-electron chi connectivity index (χ0n) is 10.8. The molecular formula is C14H19O3S. The third kappa shape index (κ3) is 6.55. The standard InChI is InChI=1S/C14H19O3S/c1-3-4-9-17-13-5-7-14(8-6-13)18-11-10-16-12(2)15/h5-8,10H,3-4,9,11H2,1-2H3. The molecule has 0 amide bonds. The van der Waals surface area contributed by atoms with Gasteiger partial charge in [-0.1, -0.05) is 13.3 Å². The second kappa shape index (κ2) is 8.86. The third-order valence-corrected chi connectivity index (χ3v) is 3.07. The predicted octanol–water partition coefficient (Wildman–Crippen LogP) is 3.68. The molecule has 0 aliphatic rings. The molecule has 99 valence electrons. The van der Waals surface area contributed by atoms with E-state index in [4.69, 9.17) is 9.47 Å². The number of rotatable bonds is 8. The Labute approximate surface area is 113 Å². The van der Waals surface area contributed by atoms with Gasteiger partial charge in [0.05, 0.1) is 6.61 Å². The Balaban J connectivity index is 2.25. The van der Waals surface area contributed by atoms with Gasteiger partial charge in [0.15, 0.2) is 0 Å². The lowest BCUT2D eigenvalue weighted by Crippen LogP contribution is -1.97. The van der Waals surface area contributed by atoms with E-state index in [9.17, 15) is 4.79 Å². The Morgan fingerprint density at radius 1 is 1.33 bits per heavy atom. The van der Waals surface area contributed by atoms with E-state index in [1.54, 1.807) is 11.8 Å². The van der Waals surface area contributed by atoms with Gasteiger partial charge in [0, 0.05) is 17.6 Å². The van der Waals surface area contributed by atoms with Gasteiger partial charge in [0.2, 0.25) is 0 Å². The molecule has 0 fully saturated rings. The normalized spacial score (nSPS) is 10.1.